The SMILES string of the molecule is CC(CCC(=O)O)OC1CC2CCC1(C)C2(C)C. The third-order valence-electron chi connectivity index (χ3n) is 5.88. The Hall–Kier alpha value is -0.570. The van der Waals surface area contributed by atoms with Gasteiger partial charge in [0.2, 0.25) is 0 Å². The highest BCUT2D eigenvalue weighted by Crippen LogP contribution is 2.66. The van der Waals surface area contributed by atoms with Crippen LogP contribution in [0.5, 0.6) is 0 Å². The molecule has 4 atom stereocenters. The van der Waals surface area contributed by atoms with Crippen LogP contribution in [0.25, 0.3) is 0 Å². The van der Waals surface area contributed by atoms with E-state index in [2.05, 4.69) is 20.8 Å². The van der Waals surface area contributed by atoms with Gasteiger partial charge in [-0.05, 0) is 49.4 Å². The van der Waals surface area contributed by atoms with Crippen LogP contribution in [0.1, 0.15) is 59.8 Å². The molecule has 2 aliphatic carbocycles. The first kappa shape index (κ1) is 13.9. The first-order valence-corrected chi connectivity index (χ1v) is 7.14. The number of carboxylic acid groups (broad SMARTS) is 1. The summed E-state index contributed by atoms with van der Waals surface area (Å²) in [7, 11) is 0. The molecule has 3 heteroatoms. The Morgan fingerprint density at radius 2 is 2.11 bits per heavy atom. The summed E-state index contributed by atoms with van der Waals surface area (Å²) in [4.78, 5) is 10.6. The van der Waals surface area contributed by atoms with Crippen molar-refractivity contribution in [2.45, 2.75) is 72.0 Å². The molecule has 0 aromatic heterocycles. The highest BCUT2D eigenvalue weighted by atomic mass is 16.5. The Kier molecular flexibility index (Phi) is 3.48. The minimum atomic E-state index is -0.732. The van der Waals surface area contributed by atoms with Crippen LogP contribution in [0.2, 0.25) is 0 Å². The highest BCUT2D eigenvalue weighted by Gasteiger charge is 2.62. The van der Waals surface area contributed by atoms with Gasteiger partial charge in [-0.2, -0.15) is 0 Å². The van der Waals surface area contributed by atoms with Crippen LogP contribution >= 0.6 is 0 Å². The molecule has 3 nitrogen and oxygen atoms in total. The predicted octanol–water partition coefficient (Wildman–Crippen LogP) is 3.47. The van der Waals surface area contributed by atoms with Crippen molar-refractivity contribution in [1.29, 1.82) is 0 Å². The highest BCUT2D eigenvalue weighted by molar-refractivity contribution is 5.66. The zero-order chi connectivity index (χ0) is 13.6. The predicted molar refractivity (Wildman–Crippen MR) is 70.4 cm³/mol. The van der Waals surface area contributed by atoms with Gasteiger partial charge in [0.25, 0.3) is 0 Å². The van der Waals surface area contributed by atoms with Gasteiger partial charge < -0.3 is 9.84 Å². The Labute approximate surface area is 110 Å². The first-order chi connectivity index (χ1) is 8.27. The molecular weight excluding hydrogens is 228 g/mol. The average molecular weight is 254 g/mol. The zero-order valence-electron chi connectivity index (χ0n) is 12.0. The van der Waals surface area contributed by atoms with Crippen molar-refractivity contribution in [3.8, 4) is 0 Å². The summed E-state index contributed by atoms with van der Waals surface area (Å²) in [5.41, 5.74) is 0.638. The summed E-state index contributed by atoms with van der Waals surface area (Å²) in [6.07, 6.45) is 4.92. The normalized spacial score (nSPS) is 38.9. The minimum Gasteiger partial charge on any atom is -0.481 e. The van der Waals surface area contributed by atoms with E-state index in [0.29, 0.717) is 17.9 Å². The number of carboxylic acids is 1. The van der Waals surface area contributed by atoms with Gasteiger partial charge in [0.15, 0.2) is 0 Å². The van der Waals surface area contributed by atoms with E-state index >= 15 is 0 Å². The molecule has 0 radical (unpaired) electrons. The van der Waals surface area contributed by atoms with Crippen molar-refractivity contribution < 1.29 is 14.6 Å². The van der Waals surface area contributed by atoms with E-state index in [4.69, 9.17) is 9.84 Å². The second-order valence-corrected chi connectivity index (χ2v) is 6.98. The zero-order valence-corrected chi connectivity index (χ0v) is 12.0. The maximum Gasteiger partial charge on any atom is 0.303 e. The summed E-state index contributed by atoms with van der Waals surface area (Å²) in [5, 5.41) is 8.71. The quantitative estimate of drug-likeness (QED) is 0.817. The topological polar surface area (TPSA) is 46.5 Å². The maximum atomic E-state index is 10.6. The largest absolute Gasteiger partial charge is 0.481 e. The Bertz CT molecular complexity index is 337. The molecule has 2 fully saturated rings. The van der Waals surface area contributed by atoms with Gasteiger partial charge in [-0.15, -0.1) is 0 Å². The molecule has 1 N–H and O–H groups in total. The molecule has 0 amide bonds. The van der Waals surface area contributed by atoms with Crippen LogP contribution in [0.3, 0.4) is 0 Å². The lowest BCUT2D eigenvalue weighted by Gasteiger charge is -2.40. The van der Waals surface area contributed by atoms with Gasteiger partial charge in [-0.25, -0.2) is 0 Å². The summed E-state index contributed by atoms with van der Waals surface area (Å²) >= 11 is 0. The van der Waals surface area contributed by atoms with Gasteiger partial charge >= 0.3 is 5.97 Å². The Morgan fingerprint density at radius 1 is 1.44 bits per heavy atom. The molecule has 2 rings (SSSR count). The number of ether oxygens (including phenoxy) is 1. The van der Waals surface area contributed by atoms with E-state index < -0.39 is 5.97 Å². The number of aliphatic carboxylic acids is 1. The molecule has 2 saturated carbocycles. The van der Waals surface area contributed by atoms with Crippen LogP contribution < -0.4 is 0 Å². The van der Waals surface area contributed by atoms with Crippen LogP contribution in [0, 0.1) is 16.7 Å². The number of carbonyl (C=O) groups is 1. The third kappa shape index (κ3) is 2.07. The van der Waals surface area contributed by atoms with Gasteiger partial charge in [-0.1, -0.05) is 20.8 Å². The molecule has 104 valence electrons. The van der Waals surface area contributed by atoms with E-state index in [1.54, 1.807) is 0 Å². The molecule has 0 spiro atoms. The minimum absolute atomic E-state index is 0.0538. The third-order valence-corrected chi connectivity index (χ3v) is 5.88. The molecule has 2 aliphatic rings. The van der Waals surface area contributed by atoms with Crippen molar-refractivity contribution >= 4 is 5.97 Å². The van der Waals surface area contributed by atoms with E-state index in [1.165, 1.54) is 12.8 Å². The van der Waals surface area contributed by atoms with Crippen LogP contribution in [0.4, 0.5) is 0 Å². The number of fused-ring (bicyclic) bond motifs is 2. The molecule has 18 heavy (non-hydrogen) atoms. The Morgan fingerprint density at radius 3 is 2.56 bits per heavy atom. The fourth-order valence-corrected chi connectivity index (χ4v) is 4.01. The second-order valence-electron chi connectivity index (χ2n) is 6.98. The first-order valence-electron chi connectivity index (χ1n) is 7.14. The van der Waals surface area contributed by atoms with Gasteiger partial charge in [0.05, 0.1) is 12.2 Å². The monoisotopic (exact) mass is 254 g/mol. The summed E-state index contributed by atoms with van der Waals surface area (Å²) in [6, 6.07) is 0. The smallest absolute Gasteiger partial charge is 0.303 e. The molecule has 2 bridgehead atoms. The van der Waals surface area contributed by atoms with E-state index in [9.17, 15) is 4.79 Å². The molecule has 0 aliphatic heterocycles. The average Bonchev–Trinajstić information content (AvgIpc) is 2.59. The van der Waals surface area contributed by atoms with Crippen LogP contribution in [-0.2, 0) is 9.53 Å². The molecule has 0 aromatic rings. The number of rotatable bonds is 5. The number of hydrogen-bond acceptors (Lipinski definition) is 2. The lowest BCUT2D eigenvalue weighted by Crippen LogP contribution is -2.38. The molecule has 0 saturated heterocycles. The van der Waals surface area contributed by atoms with Gasteiger partial charge in [0.1, 0.15) is 0 Å². The van der Waals surface area contributed by atoms with Crippen LogP contribution in [0.15, 0.2) is 0 Å². The lowest BCUT2D eigenvalue weighted by molar-refractivity contribution is -0.138. The fraction of sp³-hybridized carbons (Fsp3) is 0.933. The van der Waals surface area contributed by atoms with E-state index in [1.807, 2.05) is 6.92 Å². The van der Waals surface area contributed by atoms with Crippen molar-refractivity contribution in [3.63, 3.8) is 0 Å². The summed E-state index contributed by atoms with van der Waals surface area (Å²) in [6.45, 7) is 9.10. The Balaban J connectivity index is 1.94. The van der Waals surface area contributed by atoms with Crippen molar-refractivity contribution in [3.05, 3.63) is 0 Å². The van der Waals surface area contributed by atoms with Gasteiger partial charge in [0, 0.05) is 6.42 Å². The standard InChI is InChI=1S/C15H26O3/c1-10(5-6-13(16)17)18-12-9-11-7-8-15(12,4)14(11,2)3/h10-12H,5-9H2,1-4H3,(H,16,17). The molecule has 0 aromatic carbocycles. The molecular formula is C15H26O3. The molecule has 4 unspecified atom stereocenters. The van der Waals surface area contributed by atoms with Crippen LogP contribution in [-0.4, -0.2) is 23.3 Å². The second kappa shape index (κ2) is 4.52. The molecule has 0 heterocycles. The van der Waals surface area contributed by atoms with E-state index in [-0.39, 0.29) is 17.9 Å². The summed E-state index contributed by atoms with van der Waals surface area (Å²) < 4.78 is 6.17. The van der Waals surface area contributed by atoms with Crippen molar-refractivity contribution in [1.82, 2.24) is 0 Å². The van der Waals surface area contributed by atoms with E-state index in [0.717, 1.165) is 12.3 Å². The van der Waals surface area contributed by atoms with Gasteiger partial charge in [-0.3, -0.25) is 4.79 Å². The van der Waals surface area contributed by atoms with Crippen molar-refractivity contribution in [2.24, 2.45) is 16.7 Å². The number of hydrogen-bond donors (Lipinski definition) is 1. The van der Waals surface area contributed by atoms with Crippen molar-refractivity contribution in [2.75, 3.05) is 0 Å². The summed E-state index contributed by atoms with van der Waals surface area (Å²) in [5.74, 6) is 0.0455. The maximum absolute atomic E-state index is 10.6. The lowest BCUT2D eigenvalue weighted by atomic mass is 9.70. The fourth-order valence-electron chi connectivity index (χ4n) is 4.01.